The first-order valence-electron chi connectivity index (χ1n) is 7.16. The first-order valence-corrected chi connectivity index (χ1v) is 7.16. The number of ether oxygens (including phenoxy) is 1. The Morgan fingerprint density at radius 3 is 2.91 bits per heavy atom. The number of anilines is 2. The van der Waals surface area contributed by atoms with Crippen molar-refractivity contribution in [1.82, 2.24) is 9.97 Å². The highest BCUT2D eigenvalue weighted by Gasteiger charge is 2.07. The van der Waals surface area contributed by atoms with Crippen molar-refractivity contribution in [3.05, 3.63) is 41.6 Å². The van der Waals surface area contributed by atoms with Crippen LogP contribution in [0.5, 0.6) is 0 Å². The van der Waals surface area contributed by atoms with Gasteiger partial charge in [-0.2, -0.15) is 0 Å². The minimum absolute atomic E-state index is 0.526. The van der Waals surface area contributed by atoms with Gasteiger partial charge >= 0.3 is 0 Å². The molecule has 0 saturated heterocycles. The van der Waals surface area contributed by atoms with Crippen molar-refractivity contribution >= 4 is 11.5 Å². The van der Waals surface area contributed by atoms with Gasteiger partial charge in [0.15, 0.2) is 5.82 Å². The maximum atomic E-state index is 10.4. The van der Waals surface area contributed by atoms with Crippen LogP contribution in [0.15, 0.2) is 41.9 Å². The molecule has 7 heteroatoms. The molecule has 0 amide bonds. The second kappa shape index (κ2) is 8.68. The molecule has 2 rings (SSSR count). The molecule has 2 N–H and O–H groups in total. The van der Waals surface area contributed by atoms with E-state index in [4.69, 9.17) is 4.74 Å². The number of hydrogen-bond acceptors (Lipinski definition) is 6. The highest BCUT2D eigenvalue weighted by atomic mass is 16.5. The Morgan fingerprint density at radius 1 is 1.27 bits per heavy atom. The fourth-order valence-electron chi connectivity index (χ4n) is 1.90. The van der Waals surface area contributed by atoms with Crippen molar-refractivity contribution in [2.75, 3.05) is 30.5 Å². The van der Waals surface area contributed by atoms with E-state index >= 15 is 0 Å². The maximum Gasteiger partial charge on any atom is 0.152 e. The maximum absolute atomic E-state index is 10.4. The van der Waals surface area contributed by atoms with E-state index < -0.39 is 0 Å². The van der Waals surface area contributed by atoms with E-state index in [-0.39, 0.29) is 0 Å². The van der Waals surface area contributed by atoms with Crippen LogP contribution in [-0.2, 0) is 4.74 Å². The van der Waals surface area contributed by atoms with Crippen molar-refractivity contribution in [3.8, 4) is 11.3 Å². The third-order valence-electron chi connectivity index (χ3n) is 2.91. The Kier molecular flexibility index (Phi) is 6.25. The van der Waals surface area contributed by atoms with Gasteiger partial charge in [-0.15, -0.1) is 4.91 Å². The summed E-state index contributed by atoms with van der Waals surface area (Å²) in [7, 11) is 0. The predicted molar refractivity (Wildman–Crippen MR) is 86.5 cm³/mol. The van der Waals surface area contributed by atoms with E-state index in [0.29, 0.717) is 24.7 Å². The summed E-state index contributed by atoms with van der Waals surface area (Å²) in [5.41, 5.74) is 4.59. The fraction of sp³-hybridized carbons (Fsp3) is 0.333. The summed E-state index contributed by atoms with van der Waals surface area (Å²) in [5, 5.41) is 5.85. The fourth-order valence-corrected chi connectivity index (χ4v) is 1.90. The van der Waals surface area contributed by atoms with E-state index in [1.807, 2.05) is 18.2 Å². The van der Waals surface area contributed by atoms with Crippen molar-refractivity contribution in [3.63, 3.8) is 0 Å². The molecular weight excluding hydrogens is 282 g/mol. The molecule has 0 saturated carbocycles. The largest absolute Gasteiger partial charge is 0.380 e. The first kappa shape index (κ1) is 15.8. The van der Waals surface area contributed by atoms with Gasteiger partial charge in [0.1, 0.15) is 5.69 Å². The topological polar surface area (TPSA) is 88.5 Å². The summed E-state index contributed by atoms with van der Waals surface area (Å²) in [6.45, 7) is 3.95. The summed E-state index contributed by atoms with van der Waals surface area (Å²) in [6.07, 6.45) is 4.43. The molecule has 7 nitrogen and oxygen atoms in total. The number of pyridine rings is 2. The van der Waals surface area contributed by atoms with E-state index in [1.165, 1.54) is 0 Å². The average molecular weight is 301 g/mol. The van der Waals surface area contributed by atoms with Gasteiger partial charge in [-0.1, -0.05) is 6.92 Å². The van der Waals surface area contributed by atoms with Crippen molar-refractivity contribution in [2.45, 2.75) is 13.3 Å². The van der Waals surface area contributed by atoms with Crippen LogP contribution in [0.25, 0.3) is 11.3 Å². The minimum Gasteiger partial charge on any atom is -0.380 e. The van der Waals surface area contributed by atoms with Gasteiger partial charge in [-0.3, -0.25) is 4.98 Å². The summed E-state index contributed by atoms with van der Waals surface area (Å²) in [4.78, 5) is 19.0. The molecule has 2 heterocycles. The van der Waals surface area contributed by atoms with Crippen molar-refractivity contribution in [1.29, 1.82) is 0 Å². The quantitative estimate of drug-likeness (QED) is 0.420. The molecule has 0 aromatic carbocycles. The Hall–Kier alpha value is -2.54. The van der Waals surface area contributed by atoms with Gasteiger partial charge in [0.25, 0.3) is 0 Å². The van der Waals surface area contributed by atoms with Crippen LogP contribution >= 0.6 is 0 Å². The monoisotopic (exact) mass is 301 g/mol. The Labute approximate surface area is 129 Å². The molecule has 0 aliphatic rings. The number of rotatable bonds is 9. The van der Waals surface area contributed by atoms with E-state index in [9.17, 15) is 4.91 Å². The van der Waals surface area contributed by atoms with Gasteiger partial charge in [0.2, 0.25) is 0 Å². The average Bonchev–Trinajstić information content (AvgIpc) is 2.57. The van der Waals surface area contributed by atoms with Gasteiger partial charge in [0, 0.05) is 31.1 Å². The van der Waals surface area contributed by atoms with Crippen LogP contribution in [0.2, 0.25) is 0 Å². The third kappa shape index (κ3) is 4.49. The molecule has 116 valence electrons. The van der Waals surface area contributed by atoms with Gasteiger partial charge in [0.05, 0.1) is 17.6 Å². The van der Waals surface area contributed by atoms with Crippen LogP contribution in [0.4, 0.5) is 11.5 Å². The van der Waals surface area contributed by atoms with E-state index in [0.717, 1.165) is 24.3 Å². The summed E-state index contributed by atoms with van der Waals surface area (Å²) in [5.74, 6) is 0.557. The van der Waals surface area contributed by atoms with Gasteiger partial charge in [-0.05, 0) is 30.7 Å². The molecule has 0 atom stereocenters. The number of nitrogens with one attached hydrogen (secondary N) is 2. The molecular formula is C15H19N5O2. The standard InChI is InChI=1S/C15H19N5O2/c1-2-9-22-10-8-17-15-14(19-20-21)6-5-13(18-15)12-4-3-7-16-11-12/h3-7,11H,2,8-10H2,1H3,(H,17,18)(H,19,21). The zero-order chi connectivity index (χ0) is 15.6. The molecule has 0 fully saturated rings. The Balaban J connectivity index is 2.11. The summed E-state index contributed by atoms with van der Waals surface area (Å²) in [6, 6.07) is 7.34. The molecule has 2 aromatic heterocycles. The van der Waals surface area contributed by atoms with Crippen molar-refractivity contribution < 1.29 is 4.74 Å². The second-order valence-electron chi connectivity index (χ2n) is 4.58. The zero-order valence-electron chi connectivity index (χ0n) is 12.5. The highest BCUT2D eigenvalue weighted by molar-refractivity contribution is 5.70. The SMILES string of the molecule is CCCOCCNc1nc(-c2cccnc2)ccc1NN=O. The second-order valence-corrected chi connectivity index (χ2v) is 4.58. The molecule has 0 aliphatic carbocycles. The smallest absolute Gasteiger partial charge is 0.152 e. The molecule has 2 aromatic rings. The lowest BCUT2D eigenvalue weighted by Gasteiger charge is -2.11. The molecule has 0 radical (unpaired) electrons. The molecule has 22 heavy (non-hydrogen) atoms. The van der Waals surface area contributed by atoms with Crippen molar-refractivity contribution in [2.24, 2.45) is 5.29 Å². The van der Waals surface area contributed by atoms with E-state index in [1.54, 1.807) is 18.5 Å². The Bertz CT molecular complexity index is 592. The number of nitrogens with zero attached hydrogens (tertiary/aromatic N) is 3. The van der Waals surface area contributed by atoms with Gasteiger partial charge < -0.3 is 10.1 Å². The minimum atomic E-state index is 0.526. The lowest BCUT2D eigenvalue weighted by molar-refractivity contribution is 0.144. The lowest BCUT2D eigenvalue weighted by atomic mass is 10.2. The first-order chi connectivity index (χ1) is 10.8. The zero-order valence-corrected chi connectivity index (χ0v) is 12.5. The van der Waals surface area contributed by atoms with Crippen LogP contribution in [0, 0.1) is 4.91 Å². The molecule has 0 bridgehead atoms. The number of nitroso groups, excluding NO2 is 1. The van der Waals surface area contributed by atoms with E-state index in [2.05, 4.69) is 32.9 Å². The lowest BCUT2D eigenvalue weighted by Crippen LogP contribution is -2.12. The van der Waals surface area contributed by atoms with Crippen LogP contribution in [-0.4, -0.2) is 29.7 Å². The molecule has 0 aliphatic heterocycles. The number of aromatic nitrogens is 2. The normalized spacial score (nSPS) is 10.2. The summed E-state index contributed by atoms with van der Waals surface area (Å²) < 4.78 is 5.41. The summed E-state index contributed by atoms with van der Waals surface area (Å²) >= 11 is 0. The van der Waals surface area contributed by atoms with Crippen LogP contribution in [0.3, 0.4) is 0 Å². The highest BCUT2D eigenvalue weighted by Crippen LogP contribution is 2.24. The molecule has 0 spiro atoms. The van der Waals surface area contributed by atoms with Crippen LogP contribution in [0.1, 0.15) is 13.3 Å². The molecule has 0 unspecified atom stereocenters. The number of hydrogen-bond donors (Lipinski definition) is 2. The third-order valence-corrected chi connectivity index (χ3v) is 2.91. The van der Waals surface area contributed by atoms with Crippen LogP contribution < -0.4 is 10.7 Å². The van der Waals surface area contributed by atoms with Gasteiger partial charge in [-0.25, -0.2) is 10.4 Å². The predicted octanol–water partition coefficient (Wildman–Crippen LogP) is 3.08. The Morgan fingerprint density at radius 2 is 2.18 bits per heavy atom.